The second-order valence-corrected chi connectivity index (χ2v) is 0. The van der Waals surface area contributed by atoms with Gasteiger partial charge in [-0.1, -0.05) is 0 Å². The fourth-order valence-electron chi connectivity index (χ4n) is 0. The molecule has 0 unspecified atom stereocenters. The third-order valence-electron chi connectivity index (χ3n) is 0. The third-order valence-corrected chi connectivity index (χ3v) is 0. The fraction of sp³-hybridized carbons (Fsp3) is 1.00. The molecule has 0 bridgehead atoms. The van der Waals surface area contributed by atoms with E-state index < -0.39 is 0 Å². The molecule has 0 aromatic heterocycles. The fourth-order valence-corrected chi connectivity index (χ4v) is 0. The van der Waals surface area contributed by atoms with E-state index in [1.54, 1.807) is 0 Å². The molecular formula is CH3AsCl2-2. The number of hydrogen-bond donors (Lipinski definition) is 0. The van der Waals surface area contributed by atoms with Gasteiger partial charge < -0.3 is 24.8 Å². The van der Waals surface area contributed by atoms with E-state index in [1.807, 2.05) is 5.71 Å². The zero-order chi connectivity index (χ0) is 2.00. The van der Waals surface area contributed by atoms with Crippen LogP contribution in [0.5, 0.6) is 0 Å². The van der Waals surface area contributed by atoms with Gasteiger partial charge in [-0.2, -0.15) is 0 Å². The number of hydrogen-bond acceptors (Lipinski definition) is 0. The number of rotatable bonds is 0. The van der Waals surface area contributed by atoms with E-state index >= 15 is 0 Å². The van der Waals surface area contributed by atoms with Crippen LogP contribution in [0.15, 0.2) is 0 Å². The van der Waals surface area contributed by atoms with Crippen molar-refractivity contribution in [2.45, 2.75) is 5.71 Å². The molecule has 0 fully saturated rings. The van der Waals surface area contributed by atoms with Crippen LogP contribution in [-0.4, -0.2) is 16.9 Å². The summed E-state index contributed by atoms with van der Waals surface area (Å²) in [4.78, 5) is 0. The molecule has 0 rings (SSSR count). The minimum absolute atomic E-state index is 0. The van der Waals surface area contributed by atoms with Crippen molar-refractivity contribution in [2.24, 2.45) is 0 Å². The first-order chi connectivity index (χ1) is 1.00. The molecule has 0 aliphatic rings. The molecule has 0 amide bonds. The van der Waals surface area contributed by atoms with Gasteiger partial charge in [-0.15, -0.1) is 0 Å². The standard InChI is InChI=1S/CH3As.2ClH/c1-2;;/h1H3;2*1H/p-2. The third kappa shape index (κ3) is 11.1. The van der Waals surface area contributed by atoms with E-state index in [-0.39, 0.29) is 24.8 Å². The largest absolute Gasteiger partial charge is 1.00 e. The molecule has 0 saturated carbocycles. The molecule has 2 radical (unpaired) electrons. The Kier molecular flexibility index (Phi) is 151. The Morgan fingerprint density at radius 2 is 1.00 bits per heavy atom. The van der Waals surface area contributed by atoms with E-state index in [1.165, 1.54) is 0 Å². The summed E-state index contributed by atoms with van der Waals surface area (Å²) in [5.41, 5.74) is 1.94. The monoisotopic (exact) mass is 160 g/mol. The molecule has 3 heteroatoms. The van der Waals surface area contributed by atoms with Crippen LogP contribution in [0.4, 0.5) is 0 Å². The number of halogens is 2. The molecule has 0 aliphatic heterocycles. The van der Waals surface area contributed by atoms with Gasteiger partial charge in [-0.3, -0.25) is 0 Å². The van der Waals surface area contributed by atoms with Crippen LogP contribution >= 0.6 is 0 Å². The summed E-state index contributed by atoms with van der Waals surface area (Å²) in [5, 5.41) is 0. The van der Waals surface area contributed by atoms with E-state index in [0.717, 1.165) is 0 Å². The van der Waals surface area contributed by atoms with Crippen molar-refractivity contribution in [3.8, 4) is 0 Å². The molecule has 0 spiro atoms. The molecule has 0 N–H and O–H groups in total. The first-order valence-electron chi connectivity index (χ1n) is 0.447. The Bertz CT molecular complexity index is 6.00. The summed E-state index contributed by atoms with van der Waals surface area (Å²) in [7, 11) is 0. The Morgan fingerprint density at radius 1 is 1.00 bits per heavy atom. The molecule has 0 nitrogen and oxygen atoms in total. The predicted molar refractivity (Wildman–Crippen MR) is 11.6 cm³/mol. The van der Waals surface area contributed by atoms with E-state index in [9.17, 15) is 0 Å². The van der Waals surface area contributed by atoms with Crippen molar-refractivity contribution in [3.63, 3.8) is 0 Å². The van der Waals surface area contributed by atoms with Crippen molar-refractivity contribution < 1.29 is 24.8 Å². The van der Waals surface area contributed by atoms with Gasteiger partial charge in [0.25, 0.3) is 0 Å². The van der Waals surface area contributed by atoms with Crippen LogP contribution in [-0.2, 0) is 0 Å². The summed E-state index contributed by atoms with van der Waals surface area (Å²) in [6.45, 7) is 0. The van der Waals surface area contributed by atoms with Gasteiger partial charge in [0.2, 0.25) is 0 Å². The van der Waals surface area contributed by atoms with Crippen LogP contribution in [0.2, 0.25) is 5.71 Å². The van der Waals surface area contributed by atoms with Gasteiger partial charge in [0.15, 0.2) is 0 Å². The summed E-state index contributed by atoms with van der Waals surface area (Å²) in [6.07, 6.45) is 0. The van der Waals surface area contributed by atoms with Crippen LogP contribution in [0.25, 0.3) is 0 Å². The van der Waals surface area contributed by atoms with E-state index in [2.05, 4.69) is 16.9 Å². The van der Waals surface area contributed by atoms with Crippen LogP contribution in [0.1, 0.15) is 0 Å². The smallest absolute Gasteiger partial charge is 1.00 e. The topological polar surface area (TPSA) is 0 Å². The molecule has 0 aliphatic carbocycles. The Balaban J connectivity index is -0.00000000500. The van der Waals surface area contributed by atoms with Gasteiger partial charge >= 0.3 is 22.6 Å². The van der Waals surface area contributed by atoms with Crippen molar-refractivity contribution in [1.29, 1.82) is 0 Å². The Morgan fingerprint density at radius 3 is 1.00 bits per heavy atom. The van der Waals surface area contributed by atoms with Gasteiger partial charge in [-0.05, 0) is 0 Å². The van der Waals surface area contributed by atoms with E-state index in [0.29, 0.717) is 0 Å². The maximum absolute atomic E-state index is 2.31. The molecule has 0 saturated heterocycles. The molecule has 28 valence electrons. The Hall–Kier alpha value is 1.14. The second-order valence-electron chi connectivity index (χ2n) is 0. The first-order valence-corrected chi connectivity index (χ1v) is 2.32. The van der Waals surface area contributed by atoms with Gasteiger partial charge in [0, 0.05) is 0 Å². The van der Waals surface area contributed by atoms with Crippen molar-refractivity contribution in [1.82, 2.24) is 0 Å². The summed E-state index contributed by atoms with van der Waals surface area (Å²) < 4.78 is 0. The molecular weight excluding hydrogens is 158 g/mol. The van der Waals surface area contributed by atoms with Gasteiger partial charge in [0.1, 0.15) is 0 Å². The van der Waals surface area contributed by atoms with E-state index in [4.69, 9.17) is 0 Å². The predicted octanol–water partition coefficient (Wildman–Crippen LogP) is -5.79. The minimum Gasteiger partial charge on any atom is -1.00 e. The molecule has 0 aromatic carbocycles. The maximum atomic E-state index is 2.31. The molecule has 4 heavy (non-hydrogen) atoms. The molecule has 0 atom stereocenters. The van der Waals surface area contributed by atoms with Crippen molar-refractivity contribution in [2.75, 3.05) is 0 Å². The van der Waals surface area contributed by atoms with Crippen molar-refractivity contribution >= 4 is 16.9 Å². The Labute approximate surface area is 47.7 Å². The molecule has 0 heterocycles. The first kappa shape index (κ1) is 19.2. The second kappa shape index (κ2) is 31.5. The minimum atomic E-state index is 0. The van der Waals surface area contributed by atoms with Gasteiger partial charge in [-0.25, -0.2) is 0 Å². The van der Waals surface area contributed by atoms with Crippen LogP contribution < -0.4 is 24.8 Å². The van der Waals surface area contributed by atoms with Gasteiger partial charge in [0.05, 0.1) is 0 Å². The summed E-state index contributed by atoms with van der Waals surface area (Å²) in [6, 6.07) is 0. The normalized spacial score (nSPS) is 1.50. The summed E-state index contributed by atoms with van der Waals surface area (Å²) >= 11 is 2.31. The van der Waals surface area contributed by atoms with Crippen LogP contribution in [0, 0.1) is 0 Å². The van der Waals surface area contributed by atoms with Crippen LogP contribution in [0.3, 0.4) is 0 Å². The SMILES string of the molecule is C[As].[Cl-].[Cl-]. The zero-order valence-electron chi connectivity index (χ0n) is 2.20. The average molecular weight is 161 g/mol. The average Bonchev–Trinajstić information content (AvgIpc) is 1.00. The quantitative estimate of drug-likeness (QED) is 0.310. The molecule has 0 aromatic rings. The van der Waals surface area contributed by atoms with Crippen molar-refractivity contribution in [3.05, 3.63) is 0 Å². The zero-order valence-corrected chi connectivity index (χ0v) is 5.59. The maximum Gasteiger partial charge on any atom is -1.00 e. The summed E-state index contributed by atoms with van der Waals surface area (Å²) in [5.74, 6) is 0.